The minimum Gasteiger partial charge on any atom is -0.481 e. The lowest BCUT2D eigenvalue weighted by Gasteiger charge is -2.30. The number of hydrogen-bond donors (Lipinski definition) is 0. The highest BCUT2D eigenvalue weighted by molar-refractivity contribution is 5.91. The van der Waals surface area contributed by atoms with Crippen LogP contribution in [0.2, 0.25) is 0 Å². The van der Waals surface area contributed by atoms with Gasteiger partial charge < -0.3 is 9.47 Å². The molecule has 3 aromatic heterocycles. The molecule has 7 nitrogen and oxygen atoms in total. The minimum absolute atomic E-state index is 0.0350. The molecule has 6 rings (SSSR count). The van der Waals surface area contributed by atoms with Crippen molar-refractivity contribution in [3.05, 3.63) is 81.7 Å². The van der Waals surface area contributed by atoms with Gasteiger partial charge >= 0.3 is 0 Å². The molecule has 0 radical (unpaired) electrons. The number of benzene rings is 1. The number of fused-ring (bicyclic) bond motifs is 2. The second kappa shape index (κ2) is 9.05. The molecule has 9 heteroatoms. The largest absolute Gasteiger partial charge is 0.481 e. The molecule has 5 heterocycles. The van der Waals surface area contributed by atoms with Crippen molar-refractivity contribution in [1.29, 1.82) is 0 Å². The minimum atomic E-state index is -0.739. The van der Waals surface area contributed by atoms with Crippen LogP contribution in [-0.4, -0.2) is 33.2 Å². The van der Waals surface area contributed by atoms with Crippen LogP contribution in [0.1, 0.15) is 48.4 Å². The molecule has 4 aromatic rings. The first kappa shape index (κ1) is 22.7. The molecule has 1 fully saturated rings. The van der Waals surface area contributed by atoms with E-state index in [0.29, 0.717) is 60.7 Å². The maximum Gasteiger partial charge on any atom is 0.261 e. The number of methoxy groups -OCH3 is 1. The monoisotopic (exact) mass is 490 g/mol. The summed E-state index contributed by atoms with van der Waals surface area (Å²) < 4.78 is 41.6. The van der Waals surface area contributed by atoms with Crippen molar-refractivity contribution < 1.29 is 18.3 Å². The SMILES string of the molecule is COc1cc(C2CC(c3cc4c(=O)n5c(nc4c(-c4ccc(F)cc4F)n3)CCC5)CCO2)ccn1. The molecule has 0 spiro atoms. The van der Waals surface area contributed by atoms with Crippen molar-refractivity contribution >= 4 is 10.9 Å². The Morgan fingerprint density at radius 3 is 2.86 bits per heavy atom. The molecule has 0 bridgehead atoms. The number of rotatable bonds is 4. The van der Waals surface area contributed by atoms with E-state index in [2.05, 4.69) is 4.98 Å². The van der Waals surface area contributed by atoms with Gasteiger partial charge in [0.25, 0.3) is 5.56 Å². The number of ether oxygens (including phenoxy) is 2. The van der Waals surface area contributed by atoms with Gasteiger partial charge in [0.1, 0.15) is 23.0 Å². The van der Waals surface area contributed by atoms with Crippen molar-refractivity contribution in [3.63, 3.8) is 0 Å². The Bertz CT molecular complexity index is 1540. The van der Waals surface area contributed by atoms with Gasteiger partial charge in [-0.3, -0.25) is 14.3 Å². The van der Waals surface area contributed by atoms with Gasteiger partial charge in [0.05, 0.1) is 24.3 Å². The Kier molecular flexibility index (Phi) is 5.72. The van der Waals surface area contributed by atoms with E-state index in [4.69, 9.17) is 19.4 Å². The van der Waals surface area contributed by atoms with Crippen LogP contribution in [0.15, 0.2) is 47.4 Å². The van der Waals surface area contributed by atoms with Gasteiger partial charge in [-0.2, -0.15) is 0 Å². The summed E-state index contributed by atoms with van der Waals surface area (Å²) in [5, 5.41) is 0.401. The van der Waals surface area contributed by atoms with Gasteiger partial charge in [-0.25, -0.2) is 18.7 Å². The third kappa shape index (κ3) is 3.93. The Morgan fingerprint density at radius 1 is 1.14 bits per heavy atom. The van der Waals surface area contributed by atoms with Crippen molar-refractivity contribution in [2.75, 3.05) is 13.7 Å². The van der Waals surface area contributed by atoms with Gasteiger partial charge in [0.2, 0.25) is 5.88 Å². The van der Waals surface area contributed by atoms with Crippen LogP contribution in [-0.2, 0) is 17.7 Å². The maximum absolute atomic E-state index is 14.9. The lowest BCUT2D eigenvalue weighted by molar-refractivity contribution is 0.00451. The average Bonchev–Trinajstić information content (AvgIpc) is 3.38. The van der Waals surface area contributed by atoms with E-state index >= 15 is 0 Å². The molecule has 0 N–H and O–H groups in total. The summed E-state index contributed by atoms with van der Waals surface area (Å²) in [7, 11) is 1.56. The summed E-state index contributed by atoms with van der Waals surface area (Å²) in [6.45, 7) is 1.11. The number of halogens is 2. The number of pyridine rings is 2. The van der Waals surface area contributed by atoms with Crippen LogP contribution < -0.4 is 10.3 Å². The van der Waals surface area contributed by atoms with Crippen LogP contribution >= 0.6 is 0 Å². The summed E-state index contributed by atoms with van der Waals surface area (Å²) in [4.78, 5) is 27.2. The Morgan fingerprint density at radius 2 is 2.03 bits per heavy atom. The first-order valence-electron chi connectivity index (χ1n) is 12.0. The molecule has 2 aliphatic rings. The van der Waals surface area contributed by atoms with Crippen LogP contribution in [0.25, 0.3) is 22.2 Å². The summed E-state index contributed by atoms with van der Waals surface area (Å²) in [5.74, 6) is -0.275. The van der Waals surface area contributed by atoms with E-state index in [-0.39, 0.29) is 28.8 Å². The summed E-state index contributed by atoms with van der Waals surface area (Å²) >= 11 is 0. The predicted molar refractivity (Wildman–Crippen MR) is 129 cm³/mol. The molecule has 0 aliphatic carbocycles. The van der Waals surface area contributed by atoms with Gasteiger partial charge in [0, 0.05) is 55.1 Å². The van der Waals surface area contributed by atoms with Crippen LogP contribution in [0, 0.1) is 11.6 Å². The Hall–Kier alpha value is -3.72. The van der Waals surface area contributed by atoms with Crippen molar-refractivity contribution in [2.24, 2.45) is 0 Å². The van der Waals surface area contributed by atoms with E-state index in [9.17, 15) is 13.6 Å². The van der Waals surface area contributed by atoms with Gasteiger partial charge in [-0.1, -0.05) is 0 Å². The van der Waals surface area contributed by atoms with Gasteiger partial charge in [0.15, 0.2) is 0 Å². The summed E-state index contributed by atoms with van der Waals surface area (Å²) in [6.07, 6.45) is 4.30. The first-order valence-corrected chi connectivity index (χ1v) is 12.0. The molecule has 184 valence electrons. The topological polar surface area (TPSA) is 79.1 Å². The summed E-state index contributed by atoms with van der Waals surface area (Å²) in [6, 6.07) is 8.92. The number of nitrogens with zero attached hydrogens (tertiary/aromatic N) is 4. The number of aryl methyl sites for hydroxylation is 1. The zero-order chi connectivity index (χ0) is 24.8. The maximum atomic E-state index is 14.9. The van der Waals surface area contributed by atoms with E-state index in [1.807, 2.05) is 12.1 Å². The number of aromatic nitrogens is 4. The van der Waals surface area contributed by atoms with Gasteiger partial charge in [-0.05, 0) is 49.1 Å². The molecule has 1 saturated heterocycles. The zero-order valence-electron chi connectivity index (χ0n) is 19.7. The third-order valence-corrected chi connectivity index (χ3v) is 7.05. The Balaban J connectivity index is 1.49. The molecule has 0 amide bonds. The Labute approximate surface area is 205 Å². The molecule has 0 saturated carbocycles. The molecule has 2 unspecified atom stereocenters. The quantitative estimate of drug-likeness (QED) is 0.412. The van der Waals surface area contributed by atoms with E-state index in [0.717, 1.165) is 18.1 Å². The second-order valence-electron chi connectivity index (χ2n) is 9.22. The average molecular weight is 491 g/mol. The molecule has 1 aromatic carbocycles. The fraction of sp³-hybridized carbons (Fsp3) is 0.333. The predicted octanol–water partition coefficient (Wildman–Crippen LogP) is 4.72. The highest BCUT2D eigenvalue weighted by atomic mass is 19.1. The first-order chi connectivity index (χ1) is 17.5. The van der Waals surface area contributed by atoms with E-state index < -0.39 is 11.6 Å². The molecule has 2 atom stereocenters. The zero-order valence-corrected chi connectivity index (χ0v) is 19.7. The van der Waals surface area contributed by atoms with Gasteiger partial charge in [-0.15, -0.1) is 0 Å². The molecular weight excluding hydrogens is 466 g/mol. The smallest absolute Gasteiger partial charge is 0.261 e. The summed E-state index contributed by atoms with van der Waals surface area (Å²) in [5.41, 5.74) is 2.21. The standard InChI is InChI=1S/C27H24F2N4O3/c1-35-24-12-16(6-8-30-24)22-11-15(7-10-36-22)21-14-19-26(32-23-3-2-9-33(23)27(19)34)25(31-21)18-5-4-17(28)13-20(18)29/h4-6,8,12-15,22H,2-3,7,9-11H2,1H3. The lowest BCUT2D eigenvalue weighted by Crippen LogP contribution is -2.23. The number of hydrogen-bond acceptors (Lipinski definition) is 6. The van der Waals surface area contributed by atoms with Crippen LogP contribution in [0.3, 0.4) is 0 Å². The van der Waals surface area contributed by atoms with Crippen molar-refractivity contribution in [3.8, 4) is 17.1 Å². The van der Waals surface area contributed by atoms with Crippen molar-refractivity contribution in [1.82, 2.24) is 19.5 Å². The fourth-order valence-corrected chi connectivity index (χ4v) is 5.22. The molecular formula is C27H24F2N4O3. The lowest BCUT2D eigenvalue weighted by atomic mass is 9.88. The van der Waals surface area contributed by atoms with Crippen LogP contribution in [0.5, 0.6) is 5.88 Å². The van der Waals surface area contributed by atoms with Crippen molar-refractivity contribution in [2.45, 2.75) is 44.2 Å². The molecule has 2 aliphatic heterocycles. The highest BCUT2D eigenvalue weighted by Gasteiger charge is 2.29. The third-order valence-electron chi connectivity index (χ3n) is 7.05. The second-order valence-corrected chi connectivity index (χ2v) is 9.22. The fourth-order valence-electron chi connectivity index (χ4n) is 5.22. The highest BCUT2D eigenvalue weighted by Crippen LogP contribution is 2.39. The molecule has 36 heavy (non-hydrogen) atoms. The van der Waals surface area contributed by atoms with E-state index in [1.165, 1.54) is 12.1 Å². The normalized spacial score (nSPS) is 19.4. The van der Waals surface area contributed by atoms with E-state index in [1.54, 1.807) is 23.9 Å². The van der Waals surface area contributed by atoms with Crippen LogP contribution in [0.4, 0.5) is 8.78 Å².